The van der Waals surface area contributed by atoms with Crippen molar-refractivity contribution in [3.05, 3.63) is 63.2 Å². The van der Waals surface area contributed by atoms with Crippen molar-refractivity contribution in [2.45, 2.75) is 19.3 Å². The smallest absolute Gasteiger partial charge is 0.280 e. The van der Waals surface area contributed by atoms with Crippen LogP contribution in [0.15, 0.2) is 41.2 Å². The molecule has 1 aromatic heterocycles. The van der Waals surface area contributed by atoms with E-state index >= 15 is 0 Å². The molecular formula is C21H21ClN4O. The average molecular weight is 381 g/mol. The summed E-state index contributed by atoms with van der Waals surface area (Å²) in [5, 5.41) is 4.53. The minimum atomic E-state index is -0.357. The van der Waals surface area contributed by atoms with E-state index in [-0.39, 0.29) is 11.0 Å². The van der Waals surface area contributed by atoms with Gasteiger partial charge in [-0.05, 0) is 43.7 Å². The first-order valence-corrected chi connectivity index (χ1v) is 9.68. The Morgan fingerprint density at radius 3 is 2.70 bits per heavy atom. The molecule has 0 radical (unpaired) electrons. The molecule has 1 N–H and O–H groups in total. The van der Waals surface area contributed by atoms with E-state index in [1.165, 1.54) is 11.3 Å². The maximum atomic E-state index is 12.6. The summed E-state index contributed by atoms with van der Waals surface area (Å²) in [6.45, 7) is 8.18. The summed E-state index contributed by atoms with van der Waals surface area (Å²) in [6.07, 6.45) is 0. The number of para-hydroxylation sites is 1. The molecule has 0 saturated carbocycles. The zero-order chi connectivity index (χ0) is 18.8. The van der Waals surface area contributed by atoms with Crippen molar-refractivity contribution in [3.8, 4) is 5.69 Å². The van der Waals surface area contributed by atoms with Crippen LogP contribution < -0.4 is 15.8 Å². The van der Waals surface area contributed by atoms with Crippen LogP contribution in [0.1, 0.15) is 25.2 Å². The number of hydrogen-bond donors (Lipinski definition) is 1. The predicted octanol–water partition coefficient (Wildman–Crippen LogP) is 3.09. The summed E-state index contributed by atoms with van der Waals surface area (Å²) in [4.78, 5) is 19.5. The van der Waals surface area contributed by atoms with Gasteiger partial charge in [-0.2, -0.15) is 4.98 Å². The lowest BCUT2D eigenvalue weighted by molar-refractivity contribution is 0.589. The molecule has 138 valence electrons. The lowest BCUT2D eigenvalue weighted by Crippen LogP contribution is -2.43. The molecule has 1 fully saturated rings. The van der Waals surface area contributed by atoms with Crippen LogP contribution in [0.25, 0.3) is 16.6 Å². The van der Waals surface area contributed by atoms with E-state index in [0.717, 1.165) is 43.2 Å². The number of nitrogens with one attached hydrogen (secondary N) is 1. The van der Waals surface area contributed by atoms with E-state index < -0.39 is 0 Å². The van der Waals surface area contributed by atoms with Gasteiger partial charge in [0.15, 0.2) is 0 Å². The van der Waals surface area contributed by atoms with Gasteiger partial charge in [0.1, 0.15) is 5.82 Å². The monoisotopic (exact) mass is 380 g/mol. The highest BCUT2D eigenvalue weighted by atomic mass is 35.5. The molecule has 6 heteroatoms. The van der Waals surface area contributed by atoms with Gasteiger partial charge in [-0.25, -0.2) is 0 Å². The maximum absolute atomic E-state index is 12.6. The predicted molar refractivity (Wildman–Crippen MR) is 110 cm³/mol. The highest BCUT2D eigenvalue weighted by Crippen LogP contribution is 2.44. The molecular weight excluding hydrogens is 360 g/mol. The minimum Gasteiger partial charge on any atom is -0.369 e. The lowest BCUT2D eigenvalue weighted by Gasteiger charge is -2.30. The second-order valence-corrected chi connectivity index (χ2v) is 8.18. The van der Waals surface area contributed by atoms with Crippen LogP contribution in [0.5, 0.6) is 0 Å². The van der Waals surface area contributed by atoms with Gasteiger partial charge in [0.2, 0.25) is 0 Å². The number of benzene rings is 2. The number of fused-ring (bicyclic) bond motifs is 5. The largest absolute Gasteiger partial charge is 0.369 e. The minimum absolute atomic E-state index is 0.220. The number of aromatic nitrogens is 2. The van der Waals surface area contributed by atoms with Gasteiger partial charge < -0.3 is 10.2 Å². The molecule has 2 aliphatic rings. The molecule has 5 nitrogen and oxygen atoms in total. The second kappa shape index (κ2) is 5.81. The molecule has 0 amide bonds. The topological polar surface area (TPSA) is 50.2 Å². The normalized spacial score (nSPS) is 17.8. The zero-order valence-electron chi connectivity index (χ0n) is 15.4. The SMILES string of the molecule is CC1(C)c2ccc(N3CCNCC3)cc2-n2c1nc(=O)c1cccc(Cl)c12. The van der Waals surface area contributed by atoms with Crippen molar-refractivity contribution in [1.82, 2.24) is 14.9 Å². The molecule has 2 aliphatic heterocycles. The van der Waals surface area contributed by atoms with Crippen molar-refractivity contribution in [1.29, 1.82) is 0 Å². The Morgan fingerprint density at radius 2 is 1.93 bits per heavy atom. The fourth-order valence-electron chi connectivity index (χ4n) is 4.36. The first-order chi connectivity index (χ1) is 13.0. The molecule has 3 heterocycles. The van der Waals surface area contributed by atoms with Crippen LogP contribution in [-0.4, -0.2) is 35.7 Å². The Bertz CT molecular complexity index is 1130. The Hall–Kier alpha value is -2.37. The molecule has 2 aromatic carbocycles. The number of nitrogens with zero attached hydrogens (tertiary/aromatic N) is 3. The van der Waals surface area contributed by atoms with Crippen molar-refractivity contribution in [2.75, 3.05) is 31.1 Å². The van der Waals surface area contributed by atoms with E-state index in [1.807, 2.05) is 6.07 Å². The summed E-state index contributed by atoms with van der Waals surface area (Å²) in [7, 11) is 0. The van der Waals surface area contributed by atoms with Gasteiger partial charge in [-0.3, -0.25) is 9.36 Å². The van der Waals surface area contributed by atoms with E-state index in [4.69, 9.17) is 11.6 Å². The van der Waals surface area contributed by atoms with Crippen molar-refractivity contribution >= 4 is 28.2 Å². The Balaban J connectivity index is 1.82. The van der Waals surface area contributed by atoms with E-state index in [9.17, 15) is 4.79 Å². The second-order valence-electron chi connectivity index (χ2n) is 7.78. The van der Waals surface area contributed by atoms with Crippen LogP contribution in [0.3, 0.4) is 0 Å². The fraction of sp³-hybridized carbons (Fsp3) is 0.333. The molecule has 5 rings (SSSR count). The van der Waals surface area contributed by atoms with Gasteiger partial charge in [-0.1, -0.05) is 23.7 Å². The van der Waals surface area contributed by atoms with Gasteiger partial charge in [0.25, 0.3) is 5.56 Å². The molecule has 3 aromatic rings. The number of anilines is 1. The van der Waals surface area contributed by atoms with E-state index in [2.05, 4.69) is 51.8 Å². The van der Waals surface area contributed by atoms with Gasteiger partial charge in [0.05, 0.1) is 27.0 Å². The highest BCUT2D eigenvalue weighted by molar-refractivity contribution is 6.35. The summed E-state index contributed by atoms with van der Waals surface area (Å²) in [5.41, 5.74) is 3.60. The van der Waals surface area contributed by atoms with Crippen molar-refractivity contribution in [2.24, 2.45) is 0 Å². The molecule has 0 spiro atoms. The first kappa shape index (κ1) is 16.8. The molecule has 0 bridgehead atoms. The first-order valence-electron chi connectivity index (χ1n) is 9.31. The number of piperazine rings is 1. The van der Waals surface area contributed by atoms with E-state index in [0.29, 0.717) is 10.4 Å². The lowest BCUT2D eigenvalue weighted by atomic mass is 9.85. The maximum Gasteiger partial charge on any atom is 0.280 e. The molecule has 27 heavy (non-hydrogen) atoms. The van der Waals surface area contributed by atoms with Gasteiger partial charge >= 0.3 is 0 Å². The average Bonchev–Trinajstić information content (AvgIpc) is 2.90. The summed E-state index contributed by atoms with van der Waals surface area (Å²) < 4.78 is 2.08. The molecule has 0 aliphatic carbocycles. The number of rotatable bonds is 1. The Kier molecular flexibility index (Phi) is 3.61. The van der Waals surface area contributed by atoms with Gasteiger partial charge in [0, 0.05) is 31.9 Å². The Labute approximate surface area is 162 Å². The van der Waals surface area contributed by atoms with Crippen LogP contribution in [-0.2, 0) is 5.41 Å². The summed E-state index contributed by atoms with van der Waals surface area (Å²) >= 11 is 6.55. The van der Waals surface area contributed by atoms with Crippen LogP contribution >= 0.6 is 11.6 Å². The standard InChI is InChI=1S/C21H21ClN4O/c1-21(2)15-7-6-13(25-10-8-23-9-11-25)12-17(15)26-18-14(4-3-5-16(18)22)19(27)24-20(21)26/h3-7,12,23H,8-11H2,1-2H3. The van der Waals surface area contributed by atoms with Crippen molar-refractivity contribution in [3.63, 3.8) is 0 Å². The third-order valence-electron chi connectivity index (χ3n) is 5.80. The van der Waals surface area contributed by atoms with Crippen molar-refractivity contribution < 1.29 is 0 Å². The molecule has 0 atom stereocenters. The van der Waals surface area contributed by atoms with Crippen LogP contribution in [0, 0.1) is 0 Å². The fourth-order valence-corrected chi connectivity index (χ4v) is 4.61. The van der Waals surface area contributed by atoms with Crippen LogP contribution in [0.2, 0.25) is 5.02 Å². The Morgan fingerprint density at radius 1 is 1.15 bits per heavy atom. The molecule has 1 saturated heterocycles. The number of halogens is 1. The zero-order valence-corrected chi connectivity index (χ0v) is 16.2. The third kappa shape index (κ3) is 2.35. The summed E-state index contributed by atoms with van der Waals surface area (Å²) in [6, 6.07) is 12.0. The number of hydrogen-bond acceptors (Lipinski definition) is 4. The van der Waals surface area contributed by atoms with Crippen LogP contribution in [0.4, 0.5) is 5.69 Å². The third-order valence-corrected chi connectivity index (χ3v) is 6.10. The van der Waals surface area contributed by atoms with E-state index in [1.54, 1.807) is 12.1 Å². The quantitative estimate of drug-likeness (QED) is 0.704. The molecule has 0 unspecified atom stereocenters. The van der Waals surface area contributed by atoms with Gasteiger partial charge in [-0.15, -0.1) is 0 Å². The highest BCUT2D eigenvalue weighted by Gasteiger charge is 2.39. The summed E-state index contributed by atoms with van der Waals surface area (Å²) in [5.74, 6) is 0.751.